The van der Waals surface area contributed by atoms with Gasteiger partial charge in [-0.2, -0.15) is 0 Å². The smallest absolute Gasteiger partial charge is 0.122 e. The van der Waals surface area contributed by atoms with Crippen molar-refractivity contribution in [2.45, 2.75) is 45.1 Å². The van der Waals surface area contributed by atoms with E-state index in [0.717, 1.165) is 24.7 Å². The zero-order chi connectivity index (χ0) is 13.0. The molecule has 2 atom stereocenters. The van der Waals surface area contributed by atoms with Crippen LogP contribution in [0.5, 0.6) is 5.75 Å². The number of para-hydroxylation sites is 1. The van der Waals surface area contributed by atoms with E-state index >= 15 is 0 Å². The molecule has 1 heterocycles. The van der Waals surface area contributed by atoms with Gasteiger partial charge in [0.1, 0.15) is 5.75 Å². The second-order valence-corrected chi connectivity index (χ2v) is 5.17. The number of benzene rings is 1. The normalized spacial score (nSPS) is 20.3. The van der Waals surface area contributed by atoms with Gasteiger partial charge in [-0.25, -0.2) is 0 Å². The van der Waals surface area contributed by atoms with Gasteiger partial charge in [-0.15, -0.1) is 0 Å². The van der Waals surface area contributed by atoms with Crippen molar-refractivity contribution in [2.75, 3.05) is 13.7 Å². The summed E-state index contributed by atoms with van der Waals surface area (Å²) in [6.45, 7) is 5.44. The minimum Gasteiger partial charge on any atom is -0.493 e. The summed E-state index contributed by atoms with van der Waals surface area (Å²) in [6, 6.07) is 9.07. The largest absolute Gasteiger partial charge is 0.493 e. The van der Waals surface area contributed by atoms with Crippen molar-refractivity contribution in [1.29, 1.82) is 0 Å². The van der Waals surface area contributed by atoms with Crippen LogP contribution in [0.2, 0.25) is 0 Å². The third kappa shape index (κ3) is 2.54. The van der Waals surface area contributed by atoms with Gasteiger partial charge in [0.25, 0.3) is 0 Å². The molecule has 100 valence electrons. The van der Waals surface area contributed by atoms with Crippen LogP contribution in [0.4, 0.5) is 0 Å². The Morgan fingerprint density at radius 3 is 2.67 bits per heavy atom. The molecule has 2 rings (SSSR count). The molecule has 0 spiro atoms. The molecule has 2 heteroatoms. The maximum absolute atomic E-state index is 5.77. The van der Waals surface area contributed by atoms with E-state index in [9.17, 15) is 0 Å². The molecule has 1 aromatic rings. The van der Waals surface area contributed by atoms with Crippen LogP contribution in [0.3, 0.4) is 0 Å². The van der Waals surface area contributed by atoms with Crippen molar-refractivity contribution in [1.82, 2.24) is 5.32 Å². The number of hydrogen-bond acceptors (Lipinski definition) is 2. The second-order valence-electron chi connectivity index (χ2n) is 5.17. The van der Waals surface area contributed by atoms with Crippen molar-refractivity contribution in [3.8, 4) is 5.75 Å². The molecule has 2 unspecified atom stereocenters. The molecule has 1 aromatic carbocycles. The maximum Gasteiger partial charge on any atom is 0.122 e. The Labute approximate surface area is 111 Å². The molecule has 0 aromatic heterocycles. The van der Waals surface area contributed by atoms with Gasteiger partial charge in [-0.1, -0.05) is 44.9 Å². The van der Waals surface area contributed by atoms with Crippen LogP contribution in [0.25, 0.3) is 0 Å². The van der Waals surface area contributed by atoms with Gasteiger partial charge in [0.05, 0.1) is 6.61 Å². The van der Waals surface area contributed by atoms with Crippen LogP contribution < -0.4 is 10.1 Å². The van der Waals surface area contributed by atoms with E-state index in [-0.39, 0.29) is 0 Å². The van der Waals surface area contributed by atoms with E-state index < -0.39 is 0 Å². The van der Waals surface area contributed by atoms with E-state index in [1.165, 1.54) is 18.4 Å². The van der Waals surface area contributed by atoms with Crippen LogP contribution in [0.15, 0.2) is 24.3 Å². The number of hydrogen-bond donors (Lipinski definition) is 1. The summed E-state index contributed by atoms with van der Waals surface area (Å²) < 4.78 is 5.77. The Kier molecular flexibility index (Phi) is 4.65. The molecule has 1 aliphatic heterocycles. The molecular weight excluding hydrogens is 222 g/mol. The SMILES string of the molecule is CCC(CC)C(NC)C1CCOc2ccccc21. The van der Waals surface area contributed by atoms with Crippen molar-refractivity contribution in [3.05, 3.63) is 29.8 Å². The minimum absolute atomic E-state index is 0.560. The van der Waals surface area contributed by atoms with Gasteiger partial charge in [-0.3, -0.25) is 0 Å². The molecule has 18 heavy (non-hydrogen) atoms. The maximum atomic E-state index is 5.77. The number of ether oxygens (including phenoxy) is 1. The first-order valence-corrected chi connectivity index (χ1v) is 7.20. The van der Waals surface area contributed by atoms with Gasteiger partial charge in [0, 0.05) is 12.0 Å². The third-order valence-corrected chi connectivity index (χ3v) is 4.33. The van der Waals surface area contributed by atoms with Gasteiger partial charge < -0.3 is 10.1 Å². The van der Waals surface area contributed by atoms with E-state index in [1.807, 2.05) is 0 Å². The van der Waals surface area contributed by atoms with Crippen LogP contribution in [-0.4, -0.2) is 19.7 Å². The Balaban J connectivity index is 2.27. The van der Waals surface area contributed by atoms with Crippen molar-refractivity contribution in [2.24, 2.45) is 5.92 Å². The van der Waals surface area contributed by atoms with E-state index in [4.69, 9.17) is 4.74 Å². The Hall–Kier alpha value is -1.02. The highest BCUT2D eigenvalue weighted by atomic mass is 16.5. The molecule has 0 saturated heterocycles. The predicted octanol–water partition coefficient (Wildman–Crippen LogP) is 3.58. The summed E-state index contributed by atoms with van der Waals surface area (Å²) in [5, 5.41) is 3.56. The lowest BCUT2D eigenvalue weighted by Crippen LogP contribution is -2.40. The lowest BCUT2D eigenvalue weighted by atomic mass is 9.78. The predicted molar refractivity (Wildman–Crippen MR) is 76.2 cm³/mol. The van der Waals surface area contributed by atoms with Gasteiger partial charge >= 0.3 is 0 Å². The summed E-state index contributed by atoms with van der Waals surface area (Å²) in [4.78, 5) is 0. The van der Waals surface area contributed by atoms with Crippen molar-refractivity contribution >= 4 is 0 Å². The second kappa shape index (κ2) is 6.24. The van der Waals surface area contributed by atoms with Crippen LogP contribution in [-0.2, 0) is 0 Å². The summed E-state index contributed by atoms with van der Waals surface area (Å²) in [5.41, 5.74) is 1.38. The lowest BCUT2D eigenvalue weighted by molar-refractivity contribution is 0.217. The summed E-state index contributed by atoms with van der Waals surface area (Å²) in [5.74, 6) is 2.41. The standard InChI is InChI=1S/C16H25NO/c1-4-12(5-2)16(17-3)14-10-11-18-15-9-7-6-8-13(14)15/h6-9,12,14,16-17H,4-5,10-11H2,1-3H3. The van der Waals surface area contributed by atoms with E-state index in [1.54, 1.807) is 0 Å². The van der Waals surface area contributed by atoms with Gasteiger partial charge in [0.2, 0.25) is 0 Å². The third-order valence-electron chi connectivity index (χ3n) is 4.33. The quantitative estimate of drug-likeness (QED) is 0.858. The first kappa shape index (κ1) is 13.4. The monoisotopic (exact) mass is 247 g/mol. The van der Waals surface area contributed by atoms with Crippen LogP contribution in [0, 0.1) is 5.92 Å². The summed E-state index contributed by atoms with van der Waals surface area (Å²) >= 11 is 0. The van der Waals surface area contributed by atoms with Crippen molar-refractivity contribution in [3.63, 3.8) is 0 Å². The lowest BCUT2D eigenvalue weighted by Gasteiger charge is -2.36. The molecule has 0 aliphatic carbocycles. The molecule has 0 amide bonds. The average Bonchev–Trinajstić information content (AvgIpc) is 2.44. The topological polar surface area (TPSA) is 21.3 Å². The molecule has 0 radical (unpaired) electrons. The molecule has 0 fully saturated rings. The van der Waals surface area contributed by atoms with Crippen LogP contribution >= 0.6 is 0 Å². The Bertz CT molecular complexity index is 373. The fourth-order valence-corrected chi connectivity index (χ4v) is 3.30. The fourth-order valence-electron chi connectivity index (χ4n) is 3.30. The number of nitrogens with one attached hydrogen (secondary N) is 1. The van der Waals surface area contributed by atoms with Gasteiger partial charge in [0.15, 0.2) is 0 Å². The first-order chi connectivity index (χ1) is 8.81. The number of rotatable bonds is 5. The molecular formula is C16H25NO. The zero-order valence-electron chi connectivity index (χ0n) is 11.8. The Morgan fingerprint density at radius 1 is 1.28 bits per heavy atom. The highest BCUT2D eigenvalue weighted by Crippen LogP contribution is 2.38. The molecule has 1 N–H and O–H groups in total. The summed E-state index contributed by atoms with van der Waals surface area (Å²) in [6.07, 6.45) is 3.60. The van der Waals surface area contributed by atoms with Gasteiger partial charge in [-0.05, 0) is 31.0 Å². The van der Waals surface area contributed by atoms with Crippen molar-refractivity contribution < 1.29 is 4.74 Å². The van der Waals surface area contributed by atoms with E-state index in [0.29, 0.717) is 12.0 Å². The fraction of sp³-hybridized carbons (Fsp3) is 0.625. The highest BCUT2D eigenvalue weighted by molar-refractivity contribution is 5.38. The number of fused-ring (bicyclic) bond motifs is 1. The highest BCUT2D eigenvalue weighted by Gasteiger charge is 2.31. The minimum atomic E-state index is 0.560. The zero-order valence-corrected chi connectivity index (χ0v) is 11.8. The number of likely N-dealkylation sites (N-methyl/N-ethyl adjacent to an activating group) is 1. The van der Waals surface area contributed by atoms with E-state index in [2.05, 4.69) is 50.5 Å². The molecule has 2 nitrogen and oxygen atoms in total. The molecule has 1 aliphatic rings. The summed E-state index contributed by atoms with van der Waals surface area (Å²) in [7, 11) is 2.10. The molecule has 0 bridgehead atoms. The average molecular weight is 247 g/mol. The first-order valence-electron chi connectivity index (χ1n) is 7.20. The molecule has 0 saturated carbocycles. The Morgan fingerprint density at radius 2 is 2.00 bits per heavy atom. The van der Waals surface area contributed by atoms with Crippen LogP contribution in [0.1, 0.15) is 44.6 Å².